The van der Waals surface area contributed by atoms with E-state index in [4.69, 9.17) is 0 Å². The summed E-state index contributed by atoms with van der Waals surface area (Å²) in [7, 11) is 0. The lowest BCUT2D eigenvalue weighted by Crippen LogP contribution is -2.32. The highest BCUT2D eigenvalue weighted by molar-refractivity contribution is 5.94. The Morgan fingerprint density at radius 2 is 2.16 bits per heavy atom. The van der Waals surface area contributed by atoms with Gasteiger partial charge in [-0.25, -0.2) is 0 Å². The second kappa shape index (κ2) is 7.00. The van der Waals surface area contributed by atoms with Gasteiger partial charge >= 0.3 is 0 Å². The van der Waals surface area contributed by atoms with Gasteiger partial charge in [0.15, 0.2) is 0 Å². The van der Waals surface area contributed by atoms with Crippen LogP contribution in [0.5, 0.6) is 0 Å². The zero-order valence-electron chi connectivity index (χ0n) is 14.6. The zero-order chi connectivity index (χ0) is 17.1. The number of carbonyl (C=O) groups is 1. The van der Waals surface area contributed by atoms with Crippen LogP contribution in [0.25, 0.3) is 0 Å². The van der Waals surface area contributed by atoms with E-state index in [0.717, 1.165) is 44.6 Å². The van der Waals surface area contributed by atoms with Crippen LogP contribution >= 0.6 is 0 Å². The minimum Gasteiger partial charge on any atom is -0.351 e. The molecule has 1 saturated heterocycles. The summed E-state index contributed by atoms with van der Waals surface area (Å²) >= 11 is 0. The van der Waals surface area contributed by atoms with Crippen LogP contribution in [0.1, 0.15) is 47.5 Å². The summed E-state index contributed by atoms with van der Waals surface area (Å²) in [6.07, 6.45) is 8.56. The van der Waals surface area contributed by atoms with Crippen molar-refractivity contribution in [2.45, 2.75) is 38.1 Å². The van der Waals surface area contributed by atoms with Crippen LogP contribution < -0.4 is 10.6 Å². The molecule has 0 unspecified atom stereocenters. The molecule has 4 rings (SSSR count). The molecule has 0 bridgehead atoms. The van der Waals surface area contributed by atoms with Crippen molar-refractivity contribution in [2.24, 2.45) is 5.41 Å². The Morgan fingerprint density at radius 1 is 1.32 bits per heavy atom. The van der Waals surface area contributed by atoms with Gasteiger partial charge in [-0.15, -0.1) is 0 Å². The summed E-state index contributed by atoms with van der Waals surface area (Å²) in [5.41, 5.74) is 2.28. The van der Waals surface area contributed by atoms with Crippen LogP contribution in [0.2, 0.25) is 0 Å². The fourth-order valence-corrected chi connectivity index (χ4v) is 3.72. The van der Waals surface area contributed by atoms with E-state index >= 15 is 0 Å². The normalized spacial score (nSPS) is 21.7. The lowest BCUT2D eigenvalue weighted by molar-refractivity contribution is 0.0942. The van der Waals surface area contributed by atoms with Gasteiger partial charge in [-0.1, -0.05) is 12.1 Å². The van der Waals surface area contributed by atoms with E-state index in [1.165, 1.54) is 18.4 Å². The van der Waals surface area contributed by atoms with Crippen LogP contribution in [0.4, 0.5) is 0 Å². The molecule has 1 saturated carbocycles. The van der Waals surface area contributed by atoms with Crippen molar-refractivity contribution < 1.29 is 4.79 Å². The third-order valence-electron chi connectivity index (χ3n) is 5.58. The van der Waals surface area contributed by atoms with Crippen molar-refractivity contribution in [3.63, 3.8) is 0 Å². The van der Waals surface area contributed by atoms with Gasteiger partial charge in [-0.2, -0.15) is 5.10 Å². The van der Waals surface area contributed by atoms with Gasteiger partial charge in [0.05, 0.1) is 0 Å². The van der Waals surface area contributed by atoms with Gasteiger partial charge < -0.3 is 10.6 Å². The summed E-state index contributed by atoms with van der Waals surface area (Å²) in [5.74, 6) is 0.606. The molecule has 1 aliphatic carbocycles. The van der Waals surface area contributed by atoms with Crippen molar-refractivity contribution in [1.29, 1.82) is 0 Å². The number of rotatable bonds is 6. The number of amides is 1. The Bertz CT molecular complexity index is 698. The molecule has 5 nitrogen and oxygen atoms in total. The molecule has 25 heavy (non-hydrogen) atoms. The Morgan fingerprint density at radius 3 is 2.80 bits per heavy atom. The molecule has 2 aromatic rings. The zero-order valence-corrected chi connectivity index (χ0v) is 14.6. The maximum atomic E-state index is 12.5. The van der Waals surface area contributed by atoms with Gasteiger partial charge in [-0.3, -0.25) is 9.48 Å². The van der Waals surface area contributed by atoms with E-state index in [1.54, 1.807) is 6.20 Å². The molecule has 1 amide bonds. The monoisotopic (exact) mass is 338 g/mol. The molecule has 2 heterocycles. The highest BCUT2D eigenvalue weighted by Gasteiger charge is 2.43. The topological polar surface area (TPSA) is 59.0 Å². The third-order valence-corrected chi connectivity index (χ3v) is 5.58. The maximum absolute atomic E-state index is 12.5. The summed E-state index contributed by atoms with van der Waals surface area (Å²) in [6, 6.07) is 10.1. The molecule has 2 N–H and O–H groups in total. The molecule has 1 atom stereocenters. The van der Waals surface area contributed by atoms with Crippen molar-refractivity contribution >= 4 is 5.91 Å². The van der Waals surface area contributed by atoms with E-state index in [9.17, 15) is 4.79 Å². The molecule has 132 valence electrons. The van der Waals surface area contributed by atoms with Crippen LogP contribution in [-0.2, 0) is 6.54 Å². The predicted octanol–water partition coefficient (Wildman–Crippen LogP) is 2.56. The summed E-state index contributed by atoms with van der Waals surface area (Å²) in [6.45, 7) is 3.77. The first-order chi connectivity index (χ1) is 12.2. The Kier molecular flexibility index (Phi) is 4.57. The van der Waals surface area contributed by atoms with Crippen LogP contribution in [-0.4, -0.2) is 35.3 Å². The van der Waals surface area contributed by atoms with E-state index in [0.29, 0.717) is 5.92 Å². The number of benzene rings is 1. The number of nitrogens with zero attached hydrogens (tertiary/aromatic N) is 2. The molecule has 1 aromatic carbocycles. The number of hydrogen-bond donors (Lipinski definition) is 2. The Labute approximate surface area is 148 Å². The third kappa shape index (κ3) is 3.93. The van der Waals surface area contributed by atoms with Crippen LogP contribution in [0, 0.1) is 5.41 Å². The number of aromatic nitrogens is 2. The number of carbonyl (C=O) groups excluding carboxylic acids is 1. The van der Waals surface area contributed by atoms with Gasteiger partial charge in [0.2, 0.25) is 0 Å². The molecule has 1 aromatic heterocycles. The smallest absolute Gasteiger partial charge is 0.251 e. The van der Waals surface area contributed by atoms with Crippen molar-refractivity contribution in [3.05, 3.63) is 53.9 Å². The first-order valence-electron chi connectivity index (χ1n) is 9.30. The van der Waals surface area contributed by atoms with Crippen molar-refractivity contribution in [3.8, 4) is 0 Å². The molecule has 0 spiro atoms. The van der Waals surface area contributed by atoms with E-state index < -0.39 is 0 Å². The Balaban J connectivity index is 1.32. The second-order valence-corrected chi connectivity index (χ2v) is 7.55. The van der Waals surface area contributed by atoms with Gasteiger partial charge in [-0.05, 0) is 61.9 Å². The average Bonchev–Trinajstić information content (AvgIpc) is 3.24. The van der Waals surface area contributed by atoms with Crippen LogP contribution in [0.3, 0.4) is 0 Å². The molecular weight excluding hydrogens is 312 g/mol. The minimum absolute atomic E-state index is 0.0278. The molecule has 2 fully saturated rings. The maximum Gasteiger partial charge on any atom is 0.251 e. The van der Waals surface area contributed by atoms with E-state index in [-0.39, 0.29) is 11.3 Å². The molecule has 2 aliphatic rings. The average molecular weight is 338 g/mol. The lowest BCUT2D eigenvalue weighted by atomic mass is 9.91. The van der Waals surface area contributed by atoms with Crippen molar-refractivity contribution in [1.82, 2.24) is 20.4 Å². The number of piperidine rings is 1. The van der Waals surface area contributed by atoms with E-state index in [1.807, 2.05) is 29.1 Å². The quantitative estimate of drug-likeness (QED) is 0.851. The van der Waals surface area contributed by atoms with Gasteiger partial charge in [0.25, 0.3) is 5.91 Å². The fraction of sp³-hybridized carbons (Fsp3) is 0.500. The molecular formula is C20H26N4O. The van der Waals surface area contributed by atoms with Gasteiger partial charge in [0.1, 0.15) is 0 Å². The summed E-state index contributed by atoms with van der Waals surface area (Å²) in [4.78, 5) is 12.5. The second-order valence-electron chi connectivity index (χ2n) is 7.55. The van der Waals surface area contributed by atoms with Gasteiger partial charge in [0, 0.05) is 43.0 Å². The van der Waals surface area contributed by atoms with E-state index in [2.05, 4.69) is 27.9 Å². The SMILES string of the molecule is O=C(NCC1(Cn2cccn2)CC1)c1ccc([C@H]2CCCNC2)cc1. The molecule has 5 heteroatoms. The Hall–Kier alpha value is -2.14. The molecule has 0 radical (unpaired) electrons. The lowest BCUT2D eigenvalue weighted by Gasteiger charge is -2.23. The number of hydrogen-bond acceptors (Lipinski definition) is 3. The number of nitrogens with one attached hydrogen (secondary N) is 2. The minimum atomic E-state index is 0.0278. The predicted molar refractivity (Wildman–Crippen MR) is 97.5 cm³/mol. The first-order valence-corrected chi connectivity index (χ1v) is 9.30. The highest BCUT2D eigenvalue weighted by Crippen LogP contribution is 2.46. The fourth-order valence-electron chi connectivity index (χ4n) is 3.72. The summed E-state index contributed by atoms with van der Waals surface area (Å²) < 4.78 is 1.96. The first kappa shape index (κ1) is 16.3. The van der Waals surface area contributed by atoms with Crippen LogP contribution in [0.15, 0.2) is 42.7 Å². The highest BCUT2D eigenvalue weighted by atomic mass is 16.1. The molecule has 1 aliphatic heterocycles. The van der Waals surface area contributed by atoms with Crippen molar-refractivity contribution in [2.75, 3.05) is 19.6 Å². The largest absolute Gasteiger partial charge is 0.351 e. The summed E-state index contributed by atoms with van der Waals surface area (Å²) in [5, 5.41) is 10.8. The standard InChI is InChI=1S/C20H26N4O/c25-19(22-14-20(8-9-20)15-24-12-2-11-23-24)17-6-4-16(5-7-17)18-3-1-10-21-13-18/h2,4-7,11-12,18,21H,1,3,8-10,13-15H2,(H,22,25)/t18-/m0/s1.